The van der Waals surface area contributed by atoms with Crippen LogP contribution < -0.4 is 19.3 Å². The number of tetrazole rings is 1. The number of anilines is 2. The molecule has 0 aliphatic carbocycles. The van der Waals surface area contributed by atoms with Crippen molar-refractivity contribution in [3.8, 4) is 11.6 Å². The van der Waals surface area contributed by atoms with Crippen LogP contribution in [0.25, 0.3) is 0 Å². The van der Waals surface area contributed by atoms with Gasteiger partial charge in [-0.25, -0.2) is 9.67 Å². The van der Waals surface area contributed by atoms with E-state index in [1.807, 2.05) is 30.3 Å². The molecule has 202 valence electrons. The van der Waals surface area contributed by atoms with Crippen molar-refractivity contribution in [3.05, 3.63) is 47.9 Å². The smallest absolute Gasteiger partial charge is 0.305 e. The van der Waals surface area contributed by atoms with E-state index in [1.54, 1.807) is 24.3 Å². The number of halogens is 1. The van der Waals surface area contributed by atoms with Crippen molar-refractivity contribution >= 4 is 28.9 Å². The topological polar surface area (TPSA) is 119 Å². The summed E-state index contributed by atoms with van der Waals surface area (Å²) in [6, 6.07) is 9.86. The molecule has 2 aliphatic heterocycles. The highest BCUT2D eigenvalue weighted by Gasteiger charge is 2.34. The van der Waals surface area contributed by atoms with E-state index in [0.717, 1.165) is 43.1 Å². The van der Waals surface area contributed by atoms with Crippen LogP contribution in [0, 0.1) is 11.8 Å². The summed E-state index contributed by atoms with van der Waals surface area (Å²) in [5.74, 6) is 1.07. The van der Waals surface area contributed by atoms with Gasteiger partial charge in [-0.05, 0) is 47.0 Å². The van der Waals surface area contributed by atoms with E-state index in [0.29, 0.717) is 29.9 Å². The Morgan fingerprint density at radius 2 is 2.05 bits per heavy atom. The van der Waals surface area contributed by atoms with Gasteiger partial charge in [-0.2, -0.15) is 0 Å². The van der Waals surface area contributed by atoms with Crippen molar-refractivity contribution in [2.24, 2.45) is 11.8 Å². The molecule has 0 bridgehead atoms. The largest absolute Gasteiger partial charge is 0.490 e. The van der Waals surface area contributed by atoms with Gasteiger partial charge in [-0.1, -0.05) is 18.5 Å². The van der Waals surface area contributed by atoms with E-state index in [9.17, 15) is 9.90 Å². The quantitative estimate of drug-likeness (QED) is 0.431. The number of carboxylic acid groups (broad SMARTS) is 1. The molecule has 1 aromatic carbocycles. The highest BCUT2D eigenvalue weighted by Crippen LogP contribution is 2.35. The summed E-state index contributed by atoms with van der Waals surface area (Å²) in [5, 5.41) is 21.5. The lowest BCUT2D eigenvalue weighted by atomic mass is 9.93. The molecule has 3 aromatic rings. The van der Waals surface area contributed by atoms with Gasteiger partial charge in [0.25, 0.3) is 0 Å². The van der Waals surface area contributed by atoms with Crippen molar-refractivity contribution in [2.75, 3.05) is 36.5 Å². The van der Waals surface area contributed by atoms with E-state index in [1.165, 1.54) is 0 Å². The Hall–Kier alpha value is -3.60. The highest BCUT2D eigenvalue weighted by atomic mass is 35.5. The maximum Gasteiger partial charge on any atom is 0.305 e. The van der Waals surface area contributed by atoms with Gasteiger partial charge in [-0.15, -0.1) is 5.10 Å². The summed E-state index contributed by atoms with van der Waals surface area (Å²) in [4.78, 5) is 20.0. The van der Waals surface area contributed by atoms with E-state index in [2.05, 4.69) is 37.2 Å². The van der Waals surface area contributed by atoms with Gasteiger partial charge in [0.2, 0.25) is 5.88 Å². The number of pyridine rings is 1. The predicted octanol–water partition coefficient (Wildman–Crippen LogP) is 3.39. The van der Waals surface area contributed by atoms with Crippen LogP contribution in [0.15, 0.2) is 42.9 Å². The van der Waals surface area contributed by atoms with Gasteiger partial charge in [0, 0.05) is 49.8 Å². The zero-order chi connectivity index (χ0) is 26.6. The van der Waals surface area contributed by atoms with E-state index in [-0.39, 0.29) is 24.5 Å². The summed E-state index contributed by atoms with van der Waals surface area (Å²) in [6.45, 7) is 5.06. The monoisotopic (exact) mass is 541 g/mol. The minimum Gasteiger partial charge on any atom is -0.490 e. The minimum atomic E-state index is -0.763. The van der Waals surface area contributed by atoms with Gasteiger partial charge in [0.05, 0.1) is 37.0 Å². The molecule has 2 unspecified atom stereocenters. The number of ether oxygens (including phenoxy) is 2. The van der Waals surface area contributed by atoms with Crippen LogP contribution in [0.5, 0.6) is 11.6 Å². The number of methoxy groups -OCH3 is 1. The lowest BCUT2D eigenvalue weighted by molar-refractivity contribution is -0.137. The number of hydrogen-bond acceptors (Lipinski definition) is 9. The van der Waals surface area contributed by atoms with E-state index in [4.69, 9.17) is 21.1 Å². The Labute approximate surface area is 226 Å². The fraction of sp³-hybridized carbons (Fsp3) is 0.500. The zero-order valence-corrected chi connectivity index (χ0v) is 22.2. The van der Waals surface area contributed by atoms with Crippen molar-refractivity contribution in [3.63, 3.8) is 0 Å². The molecular formula is C26H32ClN7O4. The Kier molecular flexibility index (Phi) is 7.82. The maximum atomic E-state index is 11.3. The number of rotatable bonds is 9. The molecule has 1 N–H and O–H groups in total. The third kappa shape index (κ3) is 5.93. The van der Waals surface area contributed by atoms with Crippen molar-refractivity contribution < 1.29 is 19.4 Å². The standard InChI is InChI=1S/C26H32ClN7O4/c1-17-9-20(10-26(35)36)34(13-17)19-3-5-21(6-4-19)38-24-7-8-32(14-18(24)15-33-16-29-30-31-33)23-11-25(37-2)28-12-22(23)27/h3-6,11-12,16-18,20,24H,7-10,13-15H2,1-2H3,(H,35,36)/t17-,18?,20-,24?/m1/s1. The number of nitrogens with zero attached hydrogens (tertiary/aromatic N) is 7. The first-order valence-corrected chi connectivity index (χ1v) is 13.2. The third-order valence-corrected chi connectivity index (χ3v) is 7.62. The first-order chi connectivity index (χ1) is 18.4. The Bertz CT molecular complexity index is 1230. The van der Waals surface area contributed by atoms with Crippen LogP contribution in [0.1, 0.15) is 26.2 Å². The summed E-state index contributed by atoms with van der Waals surface area (Å²) in [5.41, 5.74) is 1.90. The summed E-state index contributed by atoms with van der Waals surface area (Å²) in [6.07, 6.45) is 4.97. The van der Waals surface area contributed by atoms with E-state index < -0.39 is 5.97 Å². The lowest BCUT2D eigenvalue weighted by Crippen LogP contribution is -2.47. The molecule has 12 heteroatoms. The molecule has 5 rings (SSSR count). The Morgan fingerprint density at radius 1 is 1.24 bits per heavy atom. The number of piperidine rings is 1. The normalized spacial score (nSPS) is 23.4. The molecule has 4 heterocycles. The third-order valence-electron chi connectivity index (χ3n) is 7.33. The first kappa shape index (κ1) is 26.0. The summed E-state index contributed by atoms with van der Waals surface area (Å²) < 4.78 is 13.5. The molecule has 2 aromatic heterocycles. The van der Waals surface area contributed by atoms with Gasteiger partial charge < -0.3 is 24.4 Å². The van der Waals surface area contributed by atoms with Crippen LogP contribution in [0.2, 0.25) is 5.02 Å². The van der Waals surface area contributed by atoms with Crippen molar-refractivity contribution in [2.45, 2.75) is 44.9 Å². The fourth-order valence-corrected chi connectivity index (χ4v) is 5.80. The van der Waals surface area contributed by atoms with Crippen LogP contribution in [0.3, 0.4) is 0 Å². The van der Waals surface area contributed by atoms with Crippen LogP contribution in [-0.2, 0) is 11.3 Å². The van der Waals surface area contributed by atoms with Crippen molar-refractivity contribution in [1.82, 2.24) is 25.2 Å². The number of aliphatic carboxylic acids is 1. The Morgan fingerprint density at radius 3 is 2.76 bits per heavy atom. The van der Waals surface area contributed by atoms with Gasteiger partial charge in [0.15, 0.2) is 0 Å². The second-order valence-corrected chi connectivity index (χ2v) is 10.5. The molecule has 0 radical (unpaired) electrons. The summed E-state index contributed by atoms with van der Waals surface area (Å²) >= 11 is 6.49. The number of carboxylic acids is 1. The highest BCUT2D eigenvalue weighted by molar-refractivity contribution is 6.33. The summed E-state index contributed by atoms with van der Waals surface area (Å²) in [7, 11) is 1.59. The molecule has 4 atom stereocenters. The molecule has 11 nitrogen and oxygen atoms in total. The molecule has 2 aliphatic rings. The minimum absolute atomic E-state index is 0.0119. The molecule has 2 saturated heterocycles. The lowest BCUT2D eigenvalue weighted by Gasteiger charge is -2.40. The SMILES string of the molecule is COc1cc(N2CCC(Oc3ccc(N4C[C@H](C)C[C@@H]4CC(=O)O)cc3)C(Cn3cnnn3)C2)c(Cl)cn1. The molecule has 0 spiro atoms. The van der Waals surface area contributed by atoms with Gasteiger partial charge >= 0.3 is 5.97 Å². The molecular weight excluding hydrogens is 510 g/mol. The van der Waals surface area contributed by atoms with Crippen molar-refractivity contribution in [1.29, 1.82) is 0 Å². The first-order valence-electron chi connectivity index (χ1n) is 12.8. The average molecular weight is 542 g/mol. The predicted molar refractivity (Wildman–Crippen MR) is 142 cm³/mol. The Balaban J connectivity index is 1.31. The fourth-order valence-electron chi connectivity index (χ4n) is 5.58. The zero-order valence-electron chi connectivity index (χ0n) is 21.5. The average Bonchev–Trinajstić information content (AvgIpc) is 3.55. The maximum absolute atomic E-state index is 11.3. The number of aromatic nitrogens is 5. The number of benzene rings is 1. The second kappa shape index (κ2) is 11.4. The van der Waals surface area contributed by atoms with Gasteiger partial charge in [0.1, 0.15) is 18.2 Å². The van der Waals surface area contributed by atoms with Crippen LogP contribution in [0.4, 0.5) is 11.4 Å². The van der Waals surface area contributed by atoms with E-state index >= 15 is 0 Å². The molecule has 2 fully saturated rings. The van der Waals surface area contributed by atoms with Crippen LogP contribution in [-0.4, -0.2) is 75.2 Å². The molecule has 38 heavy (non-hydrogen) atoms. The molecule has 0 saturated carbocycles. The number of carbonyl (C=O) groups is 1. The van der Waals surface area contributed by atoms with Gasteiger partial charge in [-0.3, -0.25) is 4.79 Å². The van der Waals surface area contributed by atoms with Crippen LogP contribution >= 0.6 is 11.6 Å². The second-order valence-electron chi connectivity index (χ2n) is 10.1. The number of hydrogen-bond donors (Lipinski definition) is 1. The molecule has 0 amide bonds.